The van der Waals surface area contributed by atoms with Crippen LogP contribution in [0.4, 0.5) is 18.9 Å². The summed E-state index contributed by atoms with van der Waals surface area (Å²) >= 11 is 0. The predicted molar refractivity (Wildman–Crippen MR) is 109 cm³/mol. The first-order valence-corrected chi connectivity index (χ1v) is 10.1. The first-order chi connectivity index (χ1) is 14.9. The van der Waals surface area contributed by atoms with E-state index in [4.69, 9.17) is 4.98 Å². The first-order valence-electron chi connectivity index (χ1n) is 10.1. The number of pyridine rings is 1. The Labute approximate surface area is 175 Å². The van der Waals surface area contributed by atoms with Gasteiger partial charge in [0.25, 0.3) is 0 Å². The highest BCUT2D eigenvalue weighted by atomic mass is 19.4. The Morgan fingerprint density at radius 1 is 1.10 bits per heavy atom. The Kier molecular flexibility index (Phi) is 4.67. The van der Waals surface area contributed by atoms with E-state index in [1.807, 2.05) is 19.2 Å². The van der Waals surface area contributed by atoms with Gasteiger partial charge < -0.3 is 4.90 Å². The number of rotatable bonds is 4. The van der Waals surface area contributed by atoms with Crippen molar-refractivity contribution < 1.29 is 13.2 Å². The lowest BCUT2D eigenvalue weighted by atomic mass is 10.1. The molecule has 0 spiro atoms. The van der Waals surface area contributed by atoms with Crippen molar-refractivity contribution in [1.29, 1.82) is 0 Å². The van der Waals surface area contributed by atoms with Crippen molar-refractivity contribution >= 4 is 16.7 Å². The van der Waals surface area contributed by atoms with Gasteiger partial charge in [-0.3, -0.25) is 14.5 Å². The largest absolute Gasteiger partial charge is 0.408 e. The third-order valence-corrected chi connectivity index (χ3v) is 5.54. The molecule has 0 atom stereocenters. The fourth-order valence-electron chi connectivity index (χ4n) is 4.15. The highest BCUT2D eigenvalue weighted by Crippen LogP contribution is 2.37. The molecule has 0 bridgehead atoms. The molecule has 8 nitrogen and oxygen atoms in total. The van der Waals surface area contributed by atoms with Crippen LogP contribution in [-0.2, 0) is 13.6 Å². The number of piperidine rings is 1. The molecule has 4 aromatic heterocycles. The molecule has 31 heavy (non-hydrogen) atoms. The summed E-state index contributed by atoms with van der Waals surface area (Å²) in [6.45, 7) is 0.367. The van der Waals surface area contributed by atoms with Crippen LogP contribution in [0.15, 0.2) is 30.6 Å². The normalized spacial score (nSPS) is 15.2. The number of fused-ring (bicyclic) bond motifs is 1. The van der Waals surface area contributed by atoms with Gasteiger partial charge in [0.05, 0.1) is 22.8 Å². The second kappa shape index (κ2) is 7.40. The first kappa shape index (κ1) is 19.6. The topological polar surface area (TPSA) is 80.5 Å². The zero-order chi connectivity index (χ0) is 21.6. The number of nitrogens with zero attached hydrogens (tertiary/aromatic N) is 7. The fraction of sp³-hybridized carbons (Fsp3) is 0.400. The molecule has 1 aliphatic rings. The van der Waals surface area contributed by atoms with Crippen LogP contribution >= 0.6 is 0 Å². The van der Waals surface area contributed by atoms with Crippen LogP contribution in [0.2, 0.25) is 0 Å². The van der Waals surface area contributed by atoms with Gasteiger partial charge in [0.15, 0.2) is 0 Å². The minimum absolute atomic E-state index is 0.346. The molecular weight excluding hydrogens is 409 g/mol. The molecule has 0 amide bonds. The third-order valence-electron chi connectivity index (χ3n) is 5.54. The van der Waals surface area contributed by atoms with E-state index in [9.17, 15) is 13.2 Å². The molecule has 11 heteroatoms. The van der Waals surface area contributed by atoms with Crippen LogP contribution in [0.3, 0.4) is 0 Å². The Bertz CT molecular complexity index is 1200. The van der Waals surface area contributed by atoms with E-state index in [1.165, 1.54) is 0 Å². The molecule has 0 aromatic carbocycles. The maximum Gasteiger partial charge on any atom is 0.408 e. The SMILES string of the molecule is Cn1nccc1-c1cc(N2CCCCC2)c2c(n1)c(-c1ccn[nH]1)nn2CC(F)(F)F. The lowest BCUT2D eigenvalue weighted by molar-refractivity contribution is -0.141. The molecule has 1 saturated heterocycles. The zero-order valence-electron chi connectivity index (χ0n) is 16.9. The quantitative estimate of drug-likeness (QED) is 0.533. The number of anilines is 1. The minimum atomic E-state index is -4.41. The number of H-pyrrole nitrogens is 1. The summed E-state index contributed by atoms with van der Waals surface area (Å²) in [7, 11) is 1.81. The van der Waals surface area contributed by atoms with Gasteiger partial charge in [-0.2, -0.15) is 28.5 Å². The molecule has 0 unspecified atom stereocenters. The number of halogens is 3. The van der Waals surface area contributed by atoms with Crippen LogP contribution in [0.25, 0.3) is 33.8 Å². The van der Waals surface area contributed by atoms with Crippen molar-refractivity contribution in [3.8, 4) is 22.8 Å². The summed E-state index contributed by atoms with van der Waals surface area (Å²) in [6.07, 6.45) is 1.90. The molecule has 5 heterocycles. The molecule has 162 valence electrons. The van der Waals surface area contributed by atoms with Crippen LogP contribution in [0, 0.1) is 0 Å². The van der Waals surface area contributed by atoms with E-state index in [0.717, 1.165) is 42.7 Å². The summed E-state index contributed by atoms with van der Waals surface area (Å²) in [6, 6.07) is 5.37. The van der Waals surface area contributed by atoms with E-state index in [2.05, 4.69) is 25.3 Å². The maximum absolute atomic E-state index is 13.4. The summed E-state index contributed by atoms with van der Waals surface area (Å²) < 4.78 is 43.0. The average Bonchev–Trinajstić information content (AvgIpc) is 3.47. The monoisotopic (exact) mass is 430 g/mol. The molecule has 0 saturated carbocycles. The van der Waals surface area contributed by atoms with Gasteiger partial charge in [0.1, 0.15) is 23.3 Å². The highest BCUT2D eigenvalue weighted by Gasteiger charge is 2.32. The van der Waals surface area contributed by atoms with Crippen LogP contribution < -0.4 is 4.90 Å². The van der Waals surface area contributed by atoms with Gasteiger partial charge in [-0.05, 0) is 37.5 Å². The third kappa shape index (κ3) is 3.64. The second-order valence-electron chi connectivity index (χ2n) is 7.70. The Morgan fingerprint density at radius 2 is 1.90 bits per heavy atom. The van der Waals surface area contributed by atoms with Crippen LogP contribution in [0.5, 0.6) is 0 Å². The number of hydrogen-bond donors (Lipinski definition) is 1. The molecular formula is C20H21F3N8. The smallest absolute Gasteiger partial charge is 0.370 e. The predicted octanol–water partition coefficient (Wildman–Crippen LogP) is 3.77. The molecule has 5 rings (SSSR count). The van der Waals surface area contributed by atoms with E-state index < -0.39 is 12.7 Å². The number of aryl methyl sites for hydroxylation is 1. The van der Waals surface area contributed by atoms with Gasteiger partial charge in [0, 0.05) is 32.5 Å². The number of aromatic amines is 1. The van der Waals surface area contributed by atoms with Crippen LogP contribution in [-0.4, -0.2) is 54.0 Å². The molecule has 1 fully saturated rings. The van der Waals surface area contributed by atoms with Gasteiger partial charge >= 0.3 is 6.18 Å². The number of nitrogens with one attached hydrogen (secondary N) is 1. The molecule has 0 aliphatic carbocycles. The molecule has 4 aromatic rings. The van der Waals surface area contributed by atoms with Crippen molar-refractivity contribution in [3.63, 3.8) is 0 Å². The van der Waals surface area contributed by atoms with Gasteiger partial charge in [-0.25, -0.2) is 4.98 Å². The van der Waals surface area contributed by atoms with Gasteiger partial charge in [0.2, 0.25) is 0 Å². The second-order valence-corrected chi connectivity index (χ2v) is 7.70. The van der Waals surface area contributed by atoms with Crippen molar-refractivity contribution in [2.75, 3.05) is 18.0 Å². The standard InChI is InChI=1S/C20H21F3N8/c1-29-15(6-8-25-29)14-11-16(30-9-3-2-4-10-30)19-18(26-14)17(13-5-7-24-27-13)28-31(19)12-20(21,22)23/h5-8,11H,2-4,9-10,12H2,1H3,(H,24,27). The van der Waals surface area contributed by atoms with Crippen molar-refractivity contribution in [3.05, 3.63) is 30.6 Å². The summed E-state index contributed by atoms with van der Waals surface area (Å²) in [4.78, 5) is 6.89. The molecule has 1 aliphatic heterocycles. The average molecular weight is 430 g/mol. The van der Waals surface area contributed by atoms with E-state index in [1.54, 1.807) is 23.1 Å². The lowest BCUT2D eigenvalue weighted by Crippen LogP contribution is -2.30. The highest BCUT2D eigenvalue weighted by molar-refractivity contribution is 5.98. The Morgan fingerprint density at radius 3 is 2.55 bits per heavy atom. The van der Waals surface area contributed by atoms with Crippen LogP contribution in [0.1, 0.15) is 19.3 Å². The summed E-state index contributed by atoms with van der Waals surface area (Å²) in [5.74, 6) is 0. The summed E-state index contributed by atoms with van der Waals surface area (Å²) in [5, 5.41) is 15.3. The van der Waals surface area contributed by atoms with Crippen molar-refractivity contribution in [2.45, 2.75) is 32.0 Å². The van der Waals surface area contributed by atoms with E-state index in [0.29, 0.717) is 33.8 Å². The Hall–Kier alpha value is -3.37. The number of hydrogen-bond acceptors (Lipinski definition) is 5. The maximum atomic E-state index is 13.4. The molecule has 0 radical (unpaired) electrons. The summed E-state index contributed by atoms with van der Waals surface area (Å²) in [5.41, 5.74) is 3.79. The van der Waals surface area contributed by atoms with Gasteiger partial charge in [-0.1, -0.05) is 0 Å². The van der Waals surface area contributed by atoms with Gasteiger partial charge in [-0.15, -0.1) is 0 Å². The van der Waals surface area contributed by atoms with Crippen molar-refractivity contribution in [1.82, 2.24) is 34.7 Å². The van der Waals surface area contributed by atoms with E-state index >= 15 is 0 Å². The lowest BCUT2D eigenvalue weighted by Gasteiger charge is -2.30. The number of aromatic nitrogens is 7. The molecule has 1 N–H and O–H groups in total. The van der Waals surface area contributed by atoms with Crippen molar-refractivity contribution in [2.24, 2.45) is 7.05 Å². The minimum Gasteiger partial charge on any atom is -0.370 e. The van der Waals surface area contributed by atoms with E-state index in [-0.39, 0.29) is 0 Å². The number of alkyl halides is 3. The Balaban J connectivity index is 1.81. The fourth-order valence-corrected chi connectivity index (χ4v) is 4.15. The zero-order valence-corrected chi connectivity index (χ0v) is 16.9.